The summed E-state index contributed by atoms with van der Waals surface area (Å²) in [4.78, 5) is 25.5. The number of hydrogen-bond acceptors (Lipinski definition) is 5. The summed E-state index contributed by atoms with van der Waals surface area (Å²) in [6.07, 6.45) is 5.17. The van der Waals surface area contributed by atoms with Gasteiger partial charge in [-0.05, 0) is 12.8 Å². The maximum atomic E-state index is 12.3. The first-order valence-electron chi connectivity index (χ1n) is 6.09. The van der Waals surface area contributed by atoms with E-state index >= 15 is 0 Å². The van der Waals surface area contributed by atoms with Gasteiger partial charge in [-0.15, -0.1) is 0 Å². The molecule has 0 fully saturated rings. The van der Waals surface area contributed by atoms with Gasteiger partial charge in [0, 0.05) is 40.0 Å². The molecule has 0 spiro atoms. The SMILES string of the molecule is CN(C)C=Nc1nc2c(s1)C(=O)/C(=C/N(C)C)CC2. The molecular formula is C13H18N4OS. The van der Waals surface area contributed by atoms with E-state index in [1.165, 1.54) is 11.3 Å². The van der Waals surface area contributed by atoms with Gasteiger partial charge in [-0.3, -0.25) is 4.79 Å². The molecule has 19 heavy (non-hydrogen) atoms. The predicted octanol–water partition coefficient (Wildman–Crippen LogP) is 1.94. The van der Waals surface area contributed by atoms with E-state index in [1.54, 1.807) is 6.34 Å². The Labute approximate surface area is 117 Å². The molecule has 0 atom stereocenters. The highest BCUT2D eigenvalue weighted by Gasteiger charge is 2.26. The van der Waals surface area contributed by atoms with E-state index in [0.29, 0.717) is 5.13 Å². The molecule has 0 radical (unpaired) electrons. The van der Waals surface area contributed by atoms with E-state index in [2.05, 4.69) is 9.98 Å². The van der Waals surface area contributed by atoms with Gasteiger partial charge >= 0.3 is 0 Å². The second-order valence-corrected chi connectivity index (χ2v) is 5.91. The molecule has 0 saturated carbocycles. The molecule has 0 saturated heterocycles. The summed E-state index contributed by atoms with van der Waals surface area (Å²) in [5.41, 5.74) is 1.74. The van der Waals surface area contributed by atoms with Gasteiger partial charge in [-0.2, -0.15) is 0 Å². The molecule has 0 aliphatic heterocycles. The Hall–Kier alpha value is -1.69. The second kappa shape index (κ2) is 5.52. The Morgan fingerprint density at radius 2 is 1.95 bits per heavy atom. The lowest BCUT2D eigenvalue weighted by Gasteiger charge is -2.14. The number of aryl methyl sites for hydroxylation is 1. The number of hydrogen-bond donors (Lipinski definition) is 0. The Kier molecular flexibility index (Phi) is 3.99. The molecule has 1 aliphatic carbocycles. The Bertz CT molecular complexity index is 543. The quantitative estimate of drug-likeness (QED) is 0.481. The topological polar surface area (TPSA) is 48.8 Å². The van der Waals surface area contributed by atoms with Crippen LogP contribution in [0.25, 0.3) is 0 Å². The fraction of sp³-hybridized carbons (Fsp3) is 0.462. The number of nitrogens with zero attached hydrogens (tertiary/aromatic N) is 4. The third-order valence-corrected chi connectivity index (χ3v) is 3.63. The number of carbonyl (C=O) groups excluding carboxylic acids is 1. The molecule has 0 aromatic carbocycles. The van der Waals surface area contributed by atoms with Crippen molar-refractivity contribution in [3.05, 3.63) is 22.3 Å². The average molecular weight is 278 g/mol. The van der Waals surface area contributed by atoms with E-state index < -0.39 is 0 Å². The lowest BCUT2D eigenvalue weighted by Crippen LogP contribution is -2.15. The van der Waals surface area contributed by atoms with Crippen molar-refractivity contribution in [2.45, 2.75) is 12.8 Å². The maximum Gasteiger partial charge on any atom is 0.211 e. The van der Waals surface area contributed by atoms with Gasteiger partial charge in [-0.1, -0.05) is 11.3 Å². The van der Waals surface area contributed by atoms with Crippen molar-refractivity contribution in [3.63, 3.8) is 0 Å². The molecule has 6 heteroatoms. The molecule has 0 N–H and O–H groups in total. The number of aromatic nitrogens is 1. The van der Waals surface area contributed by atoms with Crippen LogP contribution in [-0.4, -0.2) is 55.1 Å². The van der Waals surface area contributed by atoms with E-state index in [4.69, 9.17) is 0 Å². The monoisotopic (exact) mass is 278 g/mol. The van der Waals surface area contributed by atoms with Crippen LogP contribution in [0.2, 0.25) is 0 Å². The van der Waals surface area contributed by atoms with Crippen molar-refractivity contribution >= 4 is 28.6 Å². The molecule has 0 bridgehead atoms. The van der Waals surface area contributed by atoms with Crippen molar-refractivity contribution in [2.75, 3.05) is 28.2 Å². The van der Waals surface area contributed by atoms with Crippen molar-refractivity contribution in [2.24, 2.45) is 4.99 Å². The van der Waals surface area contributed by atoms with E-state index in [9.17, 15) is 4.79 Å². The van der Waals surface area contributed by atoms with Gasteiger partial charge in [-0.25, -0.2) is 9.98 Å². The summed E-state index contributed by atoms with van der Waals surface area (Å²) in [5, 5.41) is 0.651. The first kappa shape index (κ1) is 13.7. The Balaban J connectivity index is 2.27. The summed E-state index contributed by atoms with van der Waals surface area (Å²) in [5.74, 6) is 0.0961. The number of ketones is 1. The summed E-state index contributed by atoms with van der Waals surface area (Å²) in [6, 6.07) is 0. The fourth-order valence-corrected chi connectivity index (χ4v) is 2.78. The van der Waals surface area contributed by atoms with Crippen LogP contribution in [0, 0.1) is 0 Å². The number of aliphatic imine (C=N–C) groups is 1. The van der Waals surface area contributed by atoms with Gasteiger partial charge in [0.2, 0.25) is 10.9 Å². The number of rotatable bonds is 3. The normalized spacial score (nSPS) is 17.1. The molecule has 2 rings (SSSR count). The Morgan fingerprint density at radius 3 is 2.58 bits per heavy atom. The highest BCUT2D eigenvalue weighted by Crippen LogP contribution is 2.33. The van der Waals surface area contributed by atoms with Crippen molar-refractivity contribution in [1.29, 1.82) is 0 Å². The Morgan fingerprint density at radius 1 is 1.21 bits per heavy atom. The molecule has 102 valence electrons. The lowest BCUT2D eigenvalue weighted by molar-refractivity contribution is 0.102. The molecule has 0 unspecified atom stereocenters. The number of carbonyl (C=O) groups is 1. The minimum Gasteiger partial charge on any atom is -0.383 e. The van der Waals surface area contributed by atoms with Gasteiger partial charge in [0.05, 0.1) is 16.9 Å². The zero-order valence-electron chi connectivity index (χ0n) is 11.7. The molecular weight excluding hydrogens is 260 g/mol. The zero-order chi connectivity index (χ0) is 14.0. The highest BCUT2D eigenvalue weighted by atomic mass is 32.1. The standard InChI is InChI=1S/C13H18N4OS/c1-16(2)7-9-5-6-10-12(11(9)18)19-13(15-10)14-8-17(3)4/h7-8H,5-6H2,1-4H3/b9-7+,14-8?. The molecule has 5 nitrogen and oxygen atoms in total. The van der Waals surface area contributed by atoms with E-state index in [1.807, 2.05) is 44.2 Å². The van der Waals surface area contributed by atoms with Crippen molar-refractivity contribution < 1.29 is 4.79 Å². The summed E-state index contributed by atoms with van der Waals surface area (Å²) in [6.45, 7) is 0. The first-order valence-corrected chi connectivity index (χ1v) is 6.91. The summed E-state index contributed by atoms with van der Waals surface area (Å²) >= 11 is 1.37. The van der Waals surface area contributed by atoms with Crippen LogP contribution in [0.3, 0.4) is 0 Å². The lowest BCUT2D eigenvalue weighted by atomic mass is 9.96. The zero-order valence-corrected chi connectivity index (χ0v) is 12.5. The van der Waals surface area contributed by atoms with Crippen molar-refractivity contribution in [1.82, 2.24) is 14.8 Å². The van der Waals surface area contributed by atoms with Gasteiger partial charge < -0.3 is 9.80 Å². The van der Waals surface area contributed by atoms with Gasteiger partial charge in [0.15, 0.2) is 0 Å². The maximum absolute atomic E-state index is 12.3. The minimum atomic E-state index is 0.0961. The molecule has 1 aromatic heterocycles. The van der Waals surface area contributed by atoms with Gasteiger partial charge in [0.25, 0.3) is 0 Å². The van der Waals surface area contributed by atoms with Crippen LogP contribution >= 0.6 is 11.3 Å². The first-order chi connectivity index (χ1) is 8.97. The number of fused-ring (bicyclic) bond motifs is 1. The van der Waals surface area contributed by atoms with Crippen LogP contribution in [0.15, 0.2) is 16.8 Å². The average Bonchev–Trinajstić information content (AvgIpc) is 2.74. The minimum absolute atomic E-state index is 0.0961. The number of allylic oxidation sites excluding steroid dienone is 1. The van der Waals surface area contributed by atoms with Crippen LogP contribution in [0.4, 0.5) is 5.13 Å². The third kappa shape index (κ3) is 3.20. The summed E-state index contributed by atoms with van der Waals surface area (Å²) in [7, 11) is 7.66. The number of thiazole rings is 1. The molecule has 1 heterocycles. The smallest absolute Gasteiger partial charge is 0.211 e. The number of Topliss-reactive ketones (excluding diaryl/α,β-unsaturated/α-hetero) is 1. The molecule has 1 aromatic rings. The largest absolute Gasteiger partial charge is 0.383 e. The van der Waals surface area contributed by atoms with Gasteiger partial charge in [0.1, 0.15) is 0 Å². The highest BCUT2D eigenvalue weighted by molar-refractivity contribution is 7.17. The molecule has 0 amide bonds. The molecule has 1 aliphatic rings. The summed E-state index contributed by atoms with van der Waals surface area (Å²) < 4.78 is 0. The van der Waals surface area contributed by atoms with Crippen LogP contribution in [0.1, 0.15) is 21.8 Å². The van der Waals surface area contributed by atoms with Crippen LogP contribution < -0.4 is 0 Å². The van der Waals surface area contributed by atoms with E-state index in [-0.39, 0.29) is 5.78 Å². The van der Waals surface area contributed by atoms with Crippen LogP contribution in [0.5, 0.6) is 0 Å². The van der Waals surface area contributed by atoms with Crippen molar-refractivity contribution in [3.8, 4) is 0 Å². The predicted molar refractivity (Wildman–Crippen MR) is 78.4 cm³/mol. The third-order valence-electron chi connectivity index (χ3n) is 2.63. The van der Waals surface area contributed by atoms with Crippen LogP contribution in [-0.2, 0) is 6.42 Å². The van der Waals surface area contributed by atoms with E-state index in [0.717, 1.165) is 29.0 Å². The second-order valence-electron chi connectivity index (χ2n) is 4.93. The fourth-order valence-electron chi connectivity index (χ4n) is 1.85.